The van der Waals surface area contributed by atoms with Crippen LogP contribution in [0.5, 0.6) is 0 Å². The molecule has 2 heterocycles. The predicted molar refractivity (Wildman–Crippen MR) is 183 cm³/mol. The lowest BCUT2D eigenvalue weighted by Crippen LogP contribution is -2.52. The highest BCUT2D eigenvalue weighted by Crippen LogP contribution is 2.45. The number of ether oxygens (including phenoxy) is 1. The van der Waals surface area contributed by atoms with Crippen LogP contribution in [0, 0.1) is 11.8 Å². The summed E-state index contributed by atoms with van der Waals surface area (Å²) in [5.41, 5.74) is 3.40. The van der Waals surface area contributed by atoms with Gasteiger partial charge in [0.05, 0.1) is 11.0 Å². The second-order valence-electron chi connectivity index (χ2n) is 13.0. The molecule has 14 nitrogen and oxygen atoms in total. The molecule has 16 heteroatoms. The van der Waals surface area contributed by atoms with Gasteiger partial charge in [0, 0.05) is 35.0 Å². The number of amides is 3. The fourth-order valence-electron chi connectivity index (χ4n) is 5.48. The number of sulfonamides is 2. The van der Waals surface area contributed by atoms with Gasteiger partial charge in [-0.2, -0.15) is 0 Å². The number of rotatable bonds is 9. The van der Waals surface area contributed by atoms with Crippen molar-refractivity contribution in [2.24, 2.45) is 17.6 Å². The average molecular weight is 711 g/mol. The van der Waals surface area contributed by atoms with Gasteiger partial charge in [-0.05, 0) is 57.9 Å². The number of aromatic amines is 2. The highest BCUT2D eigenvalue weighted by atomic mass is 32.2. The number of hydrogen-bond donors (Lipinski definition) is 6. The number of fused-ring (bicyclic) bond motifs is 2. The lowest BCUT2D eigenvalue weighted by Gasteiger charge is -2.23. The standard InChI is InChI=1S/C19H23N3O5S.C14H15N3O3S/c1-5-13-11-19(13,21-17(24)27-18(2,3)4)16(23)22-28(25,26)14-8-6-7-12-9-10-20-15(12)14;1-2-10-8-14(10,15)13(18)17-21(19,20)11-5-3-4-9-6-7-16-12(9)11/h5-10,13,20H,1,11H2,2-4H3,(H,21,24)(H,22,23);2-7,10,16H,1,8,15H2,(H,17,18)/t13-,19-;10-,14-/m11/s1. The molecule has 2 fully saturated rings. The largest absolute Gasteiger partial charge is 0.444 e. The van der Waals surface area contributed by atoms with E-state index in [1.165, 1.54) is 18.2 Å². The van der Waals surface area contributed by atoms with Crippen LogP contribution in [0.3, 0.4) is 0 Å². The monoisotopic (exact) mass is 710 g/mol. The quantitative estimate of drug-likeness (QED) is 0.140. The lowest BCUT2D eigenvalue weighted by atomic mass is 10.2. The summed E-state index contributed by atoms with van der Waals surface area (Å²) in [6, 6.07) is 13.1. The highest BCUT2D eigenvalue weighted by molar-refractivity contribution is 7.90. The van der Waals surface area contributed by atoms with Gasteiger partial charge < -0.3 is 25.8 Å². The maximum atomic E-state index is 12.8. The third kappa shape index (κ3) is 7.11. The van der Waals surface area contributed by atoms with Crippen LogP contribution in [0.25, 0.3) is 21.8 Å². The van der Waals surface area contributed by atoms with Crippen molar-refractivity contribution in [1.82, 2.24) is 24.7 Å². The van der Waals surface area contributed by atoms with Crippen LogP contribution in [0.1, 0.15) is 33.6 Å². The molecule has 7 N–H and O–H groups in total. The molecular weight excluding hydrogens is 673 g/mol. The summed E-state index contributed by atoms with van der Waals surface area (Å²) in [5.74, 6) is -2.10. The van der Waals surface area contributed by atoms with Crippen molar-refractivity contribution in [3.8, 4) is 0 Å². The average Bonchev–Trinajstić information content (AvgIpc) is 3.70. The Morgan fingerprint density at radius 1 is 0.816 bits per heavy atom. The van der Waals surface area contributed by atoms with Crippen molar-refractivity contribution in [3.63, 3.8) is 0 Å². The van der Waals surface area contributed by atoms with E-state index in [4.69, 9.17) is 10.5 Å². The van der Waals surface area contributed by atoms with Crippen LogP contribution in [-0.4, -0.2) is 61.4 Å². The van der Waals surface area contributed by atoms with Crippen LogP contribution >= 0.6 is 0 Å². The van der Waals surface area contributed by atoms with Crippen LogP contribution in [0.2, 0.25) is 0 Å². The van der Waals surface area contributed by atoms with Gasteiger partial charge in [-0.15, -0.1) is 13.2 Å². The van der Waals surface area contributed by atoms with Gasteiger partial charge in [0.15, 0.2) is 0 Å². The minimum atomic E-state index is -4.16. The van der Waals surface area contributed by atoms with E-state index < -0.39 is 60.6 Å². The molecule has 2 saturated carbocycles. The van der Waals surface area contributed by atoms with E-state index >= 15 is 0 Å². The summed E-state index contributed by atoms with van der Waals surface area (Å²) in [6.45, 7) is 12.3. The first kappa shape index (κ1) is 35.4. The predicted octanol–water partition coefficient (Wildman–Crippen LogP) is 3.32. The van der Waals surface area contributed by atoms with E-state index in [-0.39, 0.29) is 22.1 Å². The van der Waals surface area contributed by atoms with Crippen LogP contribution < -0.4 is 20.5 Å². The molecule has 0 saturated heterocycles. The Kier molecular flexibility index (Phi) is 9.03. The molecule has 0 aliphatic heterocycles. The number of carbonyl (C=O) groups excluding carboxylic acids is 3. The summed E-state index contributed by atoms with van der Waals surface area (Å²) in [4.78, 5) is 42.8. The maximum Gasteiger partial charge on any atom is 0.408 e. The number of nitrogens with two attached hydrogens (primary N) is 1. The fourth-order valence-corrected chi connectivity index (χ4v) is 7.97. The molecule has 6 rings (SSSR count). The molecule has 2 aromatic heterocycles. The maximum absolute atomic E-state index is 12.8. The number of carbonyl (C=O) groups is 3. The van der Waals surface area contributed by atoms with Crippen molar-refractivity contribution in [2.45, 2.75) is 60.1 Å². The van der Waals surface area contributed by atoms with Crippen LogP contribution in [0.15, 0.2) is 96.0 Å². The zero-order valence-electron chi connectivity index (χ0n) is 27.1. The van der Waals surface area contributed by atoms with E-state index in [9.17, 15) is 31.2 Å². The minimum Gasteiger partial charge on any atom is -0.444 e. The number of hydrogen-bond acceptors (Lipinski definition) is 9. The molecule has 4 aromatic rings. The molecule has 0 radical (unpaired) electrons. The second kappa shape index (κ2) is 12.5. The molecule has 2 aliphatic rings. The number of alkyl carbamates (subject to hydrolysis) is 1. The van der Waals surface area contributed by atoms with E-state index in [1.807, 2.05) is 0 Å². The number of aromatic nitrogens is 2. The van der Waals surface area contributed by atoms with E-state index in [0.717, 1.165) is 5.39 Å². The topological polar surface area (TPSA) is 222 Å². The molecule has 2 aliphatic carbocycles. The minimum absolute atomic E-state index is 0.0257. The van der Waals surface area contributed by atoms with Crippen LogP contribution in [-0.2, 0) is 34.4 Å². The van der Waals surface area contributed by atoms with Gasteiger partial charge in [0.2, 0.25) is 0 Å². The summed E-state index contributed by atoms with van der Waals surface area (Å²) in [6.07, 6.45) is 6.19. The molecule has 0 unspecified atom stereocenters. The summed E-state index contributed by atoms with van der Waals surface area (Å²) in [7, 11) is -8.13. The molecular formula is C33H38N6O8S2. The zero-order valence-corrected chi connectivity index (χ0v) is 28.7. The van der Waals surface area contributed by atoms with Crippen molar-refractivity contribution >= 4 is 59.8 Å². The summed E-state index contributed by atoms with van der Waals surface area (Å²) < 4.78 is 59.8. The molecule has 3 amide bonds. The Labute approximate surface area is 283 Å². The lowest BCUT2D eigenvalue weighted by molar-refractivity contribution is -0.123. The first-order chi connectivity index (χ1) is 22.9. The summed E-state index contributed by atoms with van der Waals surface area (Å²) >= 11 is 0. The summed E-state index contributed by atoms with van der Waals surface area (Å²) in [5, 5.41) is 3.97. The molecule has 0 bridgehead atoms. The molecule has 0 spiro atoms. The smallest absolute Gasteiger partial charge is 0.408 e. The number of benzene rings is 2. The highest BCUT2D eigenvalue weighted by Gasteiger charge is 2.61. The van der Waals surface area contributed by atoms with Gasteiger partial charge in [-0.3, -0.25) is 9.59 Å². The Hall–Kier alpha value is -4.93. The SMILES string of the molecule is C=C[C@@H]1C[C@]1(N)C(=O)NS(=O)(=O)c1cccc2cc[nH]c12.C=C[C@@H]1C[C@]1(NC(=O)OC(C)(C)C)C(=O)NS(=O)(=O)c1cccc2cc[nH]c12. The molecule has 49 heavy (non-hydrogen) atoms. The van der Waals surface area contributed by atoms with Crippen molar-refractivity contribution < 1.29 is 36.0 Å². The van der Waals surface area contributed by atoms with E-state index in [0.29, 0.717) is 22.8 Å². The van der Waals surface area contributed by atoms with Gasteiger partial charge in [-0.25, -0.2) is 31.1 Å². The van der Waals surface area contributed by atoms with Crippen molar-refractivity contribution in [3.05, 3.63) is 86.2 Å². The molecule has 4 atom stereocenters. The third-order valence-corrected chi connectivity index (χ3v) is 11.1. The zero-order chi connectivity index (χ0) is 36.0. The molecule has 2 aromatic carbocycles. The Balaban J connectivity index is 0.000000199. The van der Waals surface area contributed by atoms with Gasteiger partial charge in [-0.1, -0.05) is 36.4 Å². The van der Waals surface area contributed by atoms with Gasteiger partial charge in [0.25, 0.3) is 31.9 Å². The fraction of sp³-hybridized carbons (Fsp3) is 0.303. The van der Waals surface area contributed by atoms with E-state index in [2.05, 4.69) is 37.9 Å². The third-order valence-electron chi connectivity index (χ3n) is 8.33. The first-order valence-electron chi connectivity index (χ1n) is 15.2. The van der Waals surface area contributed by atoms with Gasteiger partial charge in [0.1, 0.15) is 26.5 Å². The molecule has 260 valence electrons. The number of para-hydroxylation sites is 2. The van der Waals surface area contributed by atoms with E-state index in [1.54, 1.807) is 75.6 Å². The number of H-pyrrole nitrogens is 2. The Bertz CT molecular complexity index is 2200. The Morgan fingerprint density at radius 3 is 1.73 bits per heavy atom. The Morgan fingerprint density at radius 2 is 1.31 bits per heavy atom. The second-order valence-corrected chi connectivity index (χ2v) is 16.3. The number of nitrogens with one attached hydrogen (secondary N) is 5. The first-order valence-corrected chi connectivity index (χ1v) is 18.2. The van der Waals surface area contributed by atoms with Crippen LogP contribution in [0.4, 0.5) is 4.79 Å². The van der Waals surface area contributed by atoms with Crippen molar-refractivity contribution in [2.75, 3.05) is 0 Å². The van der Waals surface area contributed by atoms with Gasteiger partial charge >= 0.3 is 6.09 Å². The normalized spacial score (nSPS) is 23.0. The van der Waals surface area contributed by atoms with Crippen molar-refractivity contribution in [1.29, 1.82) is 0 Å².